The Balaban J connectivity index is 2.04. The second-order valence-corrected chi connectivity index (χ2v) is 8.39. The number of hydrogen-bond donors (Lipinski definition) is 1. The SMILES string of the molecule is O=S1(=O)CCC(O)(Cc2ccc(Br)cc2)c2ccccc21. The molecular formula is C16H15BrO3S. The van der Waals surface area contributed by atoms with E-state index in [-0.39, 0.29) is 17.1 Å². The van der Waals surface area contributed by atoms with Crippen molar-refractivity contribution in [3.8, 4) is 0 Å². The van der Waals surface area contributed by atoms with Crippen molar-refractivity contribution in [1.29, 1.82) is 0 Å². The maximum atomic E-state index is 12.1. The van der Waals surface area contributed by atoms with Gasteiger partial charge in [-0.1, -0.05) is 46.3 Å². The first-order valence-corrected chi connectivity index (χ1v) is 9.14. The smallest absolute Gasteiger partial charge is 0.178 e. The van der Waals surface area contributed by atoms with Gasteiger partial charge in [-0.05, 0) is 30.2 Å². The highest BCUT2D eigenvalue weighted by molar-refractivity contribution is 9.10. The Kier molecular flexibility index (Phi) is 3.67. The third-order valence-electron chi connectivity index (χ3n) is 3.92. The topological polar surface area (TPSA) is 54.4 Å². The molecule has 1 aliphatic rings. The molecule has 2 aromatic carbocycles. The number of hydrogen-bond acceptors (Lipinski definition) is 3. The molecule has 0 bridgehead atoms. The molecule has 1 N–H and O–H groups in total. The minimum absolute atomic E-state index is 0.0168. The first-order valence-electron chi connectivity index (χ1n) is 6.70. The van der Waals surface area contributed by atoms with Crippen molar-refractivity contribution in [2.75, 3.05) is 5.75 Å². The zero-order valence-corrected chi connectivity index (χ0v) is 13.7. The average Bonchev–Trinajstić information content (AvgIpc) is 2.47. The van der Waals surface area contributed by atoms with Crippen LogP contribution in [0, 0.1) is 0 Å². The van der Waals surface area contributed by atoms with E-state index < -0.39 is 15.4 Å². The van der Waals surface area contributed by atoms with Gasteiger partial charge in [0, 0.05) is 16.5 Å². The zero-order chi connectivity index (χ0) is 15.1. The number of benzene rings is 2. The second-order valence-electron chi connectivity index (χ2n) is 5.40. The van der Waals surface area contributed by atoms with Crippen LogP contribution >= 0.6 is 15.9 Å². The molecule has 0 fully saturated rings. The average molecular weight is 367 g/mol. The van der Waals surface area contributed by atoms with Gasteiger partial charge in [-0.25, -0.2) is 8.42 Å². The van der Waals surface area contributed by atoms with Gasteiger partial charge in [-0.3, -0.25) is 0 Å². The van der Waals surface area contributed by atoms with Crippen LogP contribution in [-0.2, 0) is 21.9 Å². The van der Waals surface area contributed by atoms with Gasteiger partial charge in [-0.15, -0.1) is 0 Å². The van der Waals surface area contributed by atoms with Gasteiger partial charge in [0.2, 0.25) is 0 Å². The Morgan fingerprint density at radius 1 is 1.10 bits per heavy atom. The maximum Gasteiger partial charge on any atom is 0.178 e. The Morgan fingerprint density at radius 2 is 1.76 bits per heavy atom. The lowest BCUT2D eigenvalue weighted by atomic mass is 9.84. The third-order valence-corrected chi connectivity index (χ3v) is 6.21. The lowest BCUT2D eigenvalue weighted by molar-refractivity contribution is 0.0283. The summed E-state index contributed by atoms with van der Waals surface area (Å²) < 4.78 is 25.3. The van der Waals surface area contributed by atoms with Crippen LogP contribution < -0.4 is 0 Å². The van der Waals surface area contributed by atoms with E-state index in [1.54, 1.807) is 24.3 Å². The lowest BCUT2D eigenvalue weighted by Crippen LogP contribution is -2.37. The molecule has 2 aromatic rings. The number of halogens is 1. The lowest BCUT2D eigenvalue weighted by Gasteiger charge is -2.34. The highest BCUT2D eigenvalue weighted by atomic mass is 79.9. The molecule has 1 unspecified atom stereocenters. The van der Waals surface area contributed by atoms with Crippen molar-refractivity contribution in [3.05, 3.63) is 64.1 Å². The molecule has 0 saturated heterocycles. The van der Waals surface area contributed by atoms with E-state index in [1.807, 2.05) is 24.3 Å². The molecule has 0 aliphatic carbocycles. The van der Waals surface area contributed by atoms with Gasteiger partial charge in [0.05, 0.1) is 16.2 Å². The first-order chi connectivity index (χ1) is 9.91. The molecule has 1 atom stereocenters. The Labute approximate surface area is 132 Å². The summed E-state index contributed by atoms with van der Waals surface area (Å²) >= 11 is 3.38. The number of rotatable bonds is 2. The van der Waals surface area contributed by atoms with Crippen molar-refractivity contribution in [2.24, 2.45) is 0 Å². The first kappa shape index (κ1) is 14.8. The quantitative estimate of drug-likeness (QED) is 0.888. The molecule has 0 radical (unpaired) electrons. The highest BCUT2D eigenvalue weighted by Crippen LogP contribution is 2.39. The van der Waals surface area contributed by atoms with Crippen molar-refractivity contribution in [1.82, 2.24) is 0 Å². The van der Waals surface area contributed by atoms with E-state index in [2.05, 4.69) is 15.9 Å². The summed E-state index contributed by atoms with van der Waals surface area (Å²) in [7, 11) is -3.28. The Bertz CT molecular complexity index is 768. The van der Waals surface area contributed by atoms with Crippen LogP contribution in [0.15, 0.2) is 57.9 Å². The van der Waals surface area contributed by atoms with Gasteiger partial charge in [-0.2, -0.15) is 0 Å². The molecule has 110 valence electrons. The standard InChI is InChI=1S/C16H15BrO3S/c17-13-7-5-12(6-8-13)11-16(18)9-10-21(19,20)15-4-2-1-3-14(15)16/h1-8,18H,9-11H2. The van der Waals surface area contributed by atoms with E-state index in [0.717, 1.165) is 10.0 Å². The van der Waals surface area contributed by atoms with Crippen molar-refractivity contribution in [3.63, 3.8) is 0 Å². The van der Waals surface area contributed by atoms with Crippen LogP contribution in [0.2, 0.25) is 0 Å². The van der Waals surface area contributed by atoms with Crippen LogP contribution in [0.1, 0.15) is 17.5 Å². The Morgan fingerprint density at radius 3 is 2.48 bits per heavy atom. The van der Waals surface area contributed by atoms with Crippen molar-refractivity contribution >= 4 is 25.8 Å². The highest BCUT2D eigenvalue weighted by Gasteiger charge is 2.40. The summed E-state index contributed by atoms with van der Waals surface area (Å²) in [6.45, 7) is 0. The molecule has 0 amide bonds. The van der Waals surface area contributed by atoms with E-state index in [1.165, 1.54) is 0 Å². The van der Waals surface area contributed by atoms with Gasteiger partial charge in [0.1, 0.15) is 0 Å². The number of aliphatic hydroxyl groups is 1. The summed E-state index contributed by atoms with van der Waals surface area (Å²) in [6.07, 6.45) is 0.634. The molecule has 3 nitrogen and oxygen atoms in total. The summed E-state index contributed by atoms with van der Waals surface area (Å²) in [6, 6.07) is 14.5. The third kappa shape index (κ3) is 2.78. The summed E-state index contributed by atoms with van der Waals surface area (Å²) in [5, 5.41) is 11.0. The molecule has 0 aromatic heterocycles. The fourth-order valence-corrected chi connectivity index (χ4v) is 4.76. The normalized spacial score (nSPS) is 23.5. The summed E-state index contributed by atoms with van der Waals surface area (Å²) in [5.74, 6) is -0.0168. The maximum absolute atomic E-state index is 12.1. The number of fused-ring (bicyclic) bond motifs is 1. The zero-order valence-electron chi connectivity index (χ0n) is 11.3. The van der Waals surface area contributed by atoms with Crippen LogP contribution in [0.4, 0.5) is 0 Å². The van der Waals surface area contributed by atoms with Crippen molar-refractivity contribution < 1.29 is 13.5 Å². The molecule has 1 aliphatic heterocycles. The van der Waals surface area contributed by atoms with Gasteiger partial charge in [0.25, 0.3) is 0 Å². The van der Waals surface area contributed by atoms with Crippen LogP contribution in [0.5, 0.6) is 0 Å². The predicted molar refractivity (Wildman–Crippen MR) is 84.9 cm³/mol. The van der Waals surface area contributed by atoms with E-state index in [0.29, 0.717) is 12.0 Å². The summed E-state index contributed by atoms with van der Waals surface area (Å²) in [5.41, 5.74) is 0.365. The van der Waals surface area contributed by atoms with E-state index >= 15 is 0 Å². The molecular weight excluding hydrogens is 352 g/mol. The van der Waals surface area contributed by atoms with Gasteiger partial charge in [0.15, 0.2) is 9.84 Å². The largest absolute Gasteiger partial charge is 0.385 e. The van der Waals surface area contributed by atoms with E-state index in [4.69, 9.17) is 0 Å². The predicted octanol–water partition coefficient (Wildman–Crippen LogP) is 3.06. The Hall–Kier alpha value is -1.17. The molecule has 0 saturated carbocycles. The van der Waals surface area contributed by atoms with Gasteiger partial charge < -0.3 is 5.11 Å². The molecule has 21 heavy (non-hydrogen) atoms. The van der Waals surface area contributed by atoms with Crippen LogP contribution in [-0.4, -0.2) is 19.3 Å². The molecule has 1 heterocycles. The monoisotopic (exact) mass is 366 g/mol. The van der Waals surface area contributed by atoms with Gasteiger partial charge >= 0.3 is 0 Å². The fraction of sp³-hybridized carbons (Fsp3) is 0.250. The minimum atomic E-state index is -3.28. The van der Waals surface area contributed by atoms with Crippen molar-refractivity contribution in [2.45, 2.75) is 23.3 Å². The fourth-order valence-electron chi connectivity index (χ4n) is 2.79. The summed E-state index contributed by atoms with van der Waals surface area (Å²) in [4.78, 5) is 0.260. The molecule has 0 spiro atoms. The minimum Gasteiger partial charge on any atom is -0.385 e. The van der Waals surface area contributed by atoms with E-state index in [9.17, 15) is 13.5 Å². The number of sulfone groups is 1. The van der Waals surface area contributed by atoms with Crippen LogP contribution in [0.3, 0.4) is 0 Å². The second kappa shape index (κ2) is 5.23. The molecule has 5 heteroatoms. The molecule has 3 rings (SSSR count). The van der Waals surface area contributed by atoms with Crippen LogP contribution in [0.25, 0.3) is 0 Å².